The van der Waals surface area contributed by atoms with Crippen molar-refractivity contribution in [2.75, 3.05) is 19.6 Å². The lowest BCUT2D eigenvalue weighted by molar-refractivity contribution is -0.192. The molecule has 104 valence electrons. The molecule has 0 spiro atoms. The van der Waals surface area contributed by atoms with Gasteiger partial charge in [0.05, 0.1) is 0 Å². The molecule has 0 aromatic heterocycles. The normalized spacial score (nSPS) is 31.7. The summed E-state index contributed by atoms with van der Waals surface area (Å²) in [7, 11) is 0. The molecule has 2 N–H and O–H groups in total. The van der Waals surface area contributed by atoms with Gasteiger partial charge in [0, 0.05) is 18.6 Å². The third kappa shape index (κ3) is 3.14. The lowest BCUT2D eigenvalue weighted by Crippen LogP contribution is -2.35. The second-order valence-electron chi connectivity index (χ2n) is 5.05. The van der Waals surface area contributed by atoms with Gasteiger partial charge >= 0.3 is 12.1 Å². The minimum atomic E-state index is -5.08. The molecule has 3 aliphatic rings. The van der Waals surface area contributed by atoms with Gasteiger partial charge in [0.1, 0.15) is 0 Å². The van der Waals surface area contributed by atoms with Gasteiger partial charge in [-0.05, 0) is 38.3 Å². The highest BCUT2D eigenvalue weighted by Crippen LogP contribution is 2.37. The van der Waals surface area contributed by atoms with Gasteiger partial charge in [-0.1, -0.05) is 0 Å². The largest absolute Gasteiger partial charge is 0.490 e. The Morgan fingerprint density at radius 3 is 2.33 bits per heavy atom. The molecule has 1 saturated carbocycles. The third-order valence-corrected chi connectivity index (χ3v) is 3.75. The van der Waals surface area contributed by atoms with E-state index >= 15 is 0 Å². The Morgan fingerprint density at radius 1 is 1.22 bits per heavy atom. The van der Waals surface area contributed by atoms with Crippen molar-refractivity contribution in [2.24, 2.45) is 5.92 Å². The predicted molar refractivity (Wildman–Crippen MR) is 58.2 cm³/mol. The number of fused-ring (bicyclic) bond motifs is 1. The van der Waals surface area contributed by atoms with Gasteiger partial charge in [-0.25, -0.2) is 4.79 Å². The van der Waals surface area contributed by atoms with Crippen LogP contribution in [0.15, 0.2) is 0 Å². The van der Waals surface area contributed by atoms with Gasteiger partial charge in [0.15, 0.2) is 0 Å². The lowest BCUT2D eigenvalue weighted by atomic mass is 10.1. The number of carboxylic acids is 1. The number of hydrogen-bond donors (Lipinski definition) is 2. The fourth-order valence-electron chi connectivity index (χ4n) is 2.74. The minimum absolute atomic E-state index is 0.919. The SMILES string of the molecule is C1CC1N1CC[C@@H]2CNC[C@@H]21.O=C(O)C(F)(F)F. The van der Waals surface area contributed by atoms with Crippen LogP contribution in [0.4, 0.5) is 13.2 Å². The molecular formula is C11H17F3N2O2. The molecule has 2 aliphatic heterocycles. The maximum atomic E-state index is 10.6. The van der Waals surface area contributed by atoms with Crippen molar-refractivity contribution in [3.05, 3.63) is 0 Å². The van der Waals surface area contributed by atoms with E-state index in [1.54, 1.807) is 0 Å². The van der Waals surface area contributed by atoms with E-state index < -0.39 is 12.1 Å². The summed E-state index contributed by atoms with van der Waals surface area (Å²) in [5.74, 6) is -1.76. The molecule has 0 aromatic rings. The maximum absolute atomic E-state index is 10.6. The molecule has 18 heavy (non-hydrogen) atoms. The Labute approximate surface area is 103 Å². The minimum Gasteiger partial charge on any atom is -0.475 e. The van der Waals surface area contributed by atoms with E-state index in [2.05, 4.69) is 10.2 Å². The second kappa shape index (κ2) is 5.05. The summed E-state index contributed by atoms with van der Waals surface area (Å²) in [6.07, 6.45) is -0.680. The average Bonchev–Trinajstić information content (AvgIpc) is 2.86. The predicted octanol–water partition coefficient (Wildman–Crippen LogP) is 1.08. The molecule has 3 rings (SSSR count). The molecule has 2 atom stereocenters. The zero-order chi connectivity index (χ0) is 13.3. The number of nitrogens with zero attached hydrogens (tertiary/aromatic N) is 1. The number of carbonyl (C=O) groups is 1. The number of carboxylic acid groups (broad SMARTS) is 1. The highest BCUT2D eigenvalue weighted by Gasteiger charge is 2.43. The van der Waals surface area contributed by atoms with E-state index in [0.29, 0.717) is 0 Å². The van der Waals surface area contributed by atoms with Gasteiger partial charge in [0.2, 0.25) is 0 Å². The van der Waals surface area contributed by atoms with Crippen LogP contribution in [0, 0.1) is 5.92 Å². The van der Waals surface area contributed by atoms with Crippen molar-refractivity contribution in [1.29, 1.82) is 0 Å². The molecule has 7 heteroatoms. The second-order valence-corrected chi connectivity index (χ2v) is 5.05. The lowest BCUT2D eigenvalue weighted by Gasteiger charge is -2.22. The van der Waals surface area contributed by atoms with Crippen molar-refractivity contribution >= 4 is 5.97 Å². The number of hydrogen-bond acceptors (Lipinski definition) is 3. The summed E-state index contributed by atoms with van der Waals surface area (Å²) in [4.78, 5) is 11.7. The van der Waals surface area contributed by atoms with Crippen LogP contribution in [-0.4, -0.2) is 53.9 Å². The van der Waals surface area contributed by atoms with Gasteiger partial charge in [0.25, 0.3) is 0 Å². The molecule has 0 bridgehead atoms. The number of nitrogens with one attached hydrogen (secondary N) is 1. The molecular weight excluding hydrogens is 249 g/mol. The summed E-state index contributed by atoms with van der Waals surface area (Å²) in [5, 5.41) is 10.6. The van der Waals surface area contributed by atoms with Gasteiger partial charge in [-0.2, -0.15) is 13.2 Å². The van der Waals surface area contributed by atoms with Crippen molar-refractivity contribution in [3.8, 4) is 0 Å². The molecule has 2 heterocycles. The van der Waals surface area contributed by atoms with E-state index in [9.17, 15) is 13.2 Å². The van der Waals surface area contributed by atoms with Crippen molar-refractivity contribution in [3.63, 3.8) is 0 Å². The van der Waals surface area contributed by atoms with Crippen molar-refractivity contribution in [1.82, 2.24) is 10.2 Å². The Bertz CT molecular complexity index is 318. The van der Waals surface area contributed by atoms with E-state index in [-0.39, 0.29) is 0 Å². The summed E-state index contributed by atoms with van der Waals surface area (Å²) in [6, 6.07) is 1.91. The maximum Gasteiger partial charge on any atom is 0.490 e. The highest BCUT2D eigenvalue weighted by atomic mass is 19.4. The Morgan fingerprint density at radius 2 is 1.83 bits per heavy atom. The van der Waals surface area contributed by atoms with Crippen LogP contribution in [0.2, 0.25) is 0 Å². The number of aliphatic carboxylic acids is 1. The van der Waals surface area contributed by atoms with Crippen LogP contribution in [0.3, 0.4) is 0 Å². The molecule has 3 fully saturated rings. The fraction of sp³-hybridized carbons (Fsp3) is 0.909. The van der Waals surface area contributed by atoms with Crippen LogP contribution in [-0.2, 0) is 4.79 Å². The Kier molecular flexibility index (Phi) is 3.82. The monoisotopic (exact) mass is 266 g/mol. The van der Waals surface area contributed by atoms with Crippen molar-refractivity contribution < 1.29 is 23.1 Å². The average molecular weight is 266 g/mol. The van der Waals surface area contributed by atoms with Crippen LogP contribution in [0.1, 0.15) is 19.3 Å². The van der Waals surface area contributed by atoms with Crippen LogP contribution in [0.25, 0.3) is 0 Å². The van der Waals surface area contributed by atoms with E-state index in [1.807, 2.05) is 0 Å². The third-order valence-electron chi connectivity index (χ3n) is 3.75. The zero-order valence-electron chi connectivity index (χ0n) is 9.91. The Balaban J connectivity index is 0.000000152. The topological polar surface area (TPSA) is 52.6 Å². The zero-order valence-corrected chi connectivity index (χ0v) is 9.91. The van der Waals surface area contributed by atoms with Crippen LogP contribution < -0.4 is 5.32 Å². The number of rotatable bonds is 1. The number of likely N-dealkylation sites (tertiary alicyclic amines) is 1. The summed E-state index contributed by atoms with van der Waals surface area (Å²) in [6.45, 7) is 3.94. The van der Waals surface area contributed by atoms with Gasteiger partial charge in [-0.15, -0.1) is 0 Å². The van der Waals surface area contributed by atoms with Crippen LogP contribution in [0.5, 0.6) is 0 Å². The molecule has 0 amide bonds. The van der Waals surface area contributed by atoms with Gasteiger partial charge in [-0.3, -0.25) is 4.90 Å². The highest BCUT2D eigenvalue weighted by molar-refractivity contribution is 5.73. The van der Waals surface area contributed by atoms with Crippen LogP contribution >= 0.6 is 0 Å². The molecule has 0 radical (unpaired) electrons. The van der Waals surface area contributed by atoms with E-state index in [4.69, 9.17) is 9.90 Å². The molecule has 0 unspecified atom stereocenters. The molecule has 2 saturated heterocycles. The molecule has 4 nitrogen and oxygen atoms in total. The standard InChI is InChI=1S/C9H16N2.C2HF3O2/c1-2-8(1)11-4-3-7-5-10-6-9(7)11;3-2(4,5)1(6)7/h7-10H,1-6H2;(H,6,7)/t7-,9+;/m1./s1. The number of halogens is 3. The van der Waals surface area contributed by atoms with Crippen molar-refractivity contribution in [2.45, 2.75) is 37.5 Å². The quantitative estimate of drug-likeness (QED) is 0.745. The van der Waals surface area contributed by atoms with E-state index in [1.165, 1.54) is 38.9 Å². The van der Waals surface area contributed by atoms with Gasteiger partial charge < -0.3 is 10.4 Å². The Hall–Kier alpha value is -0.820. The smallest absolute Gasteiger partial charge is 0.475 e. The number of alkyl halides is 3. The first kappa shape index (κ1) is 13.6. The first-order valence-corrected chi connectivity index (χ1v) is 6.16. The molecule has 0 aromatic carbocycles. The van der Waals surface area contributed by atoms with E-state index in [0.717, 1.165) is 18.0 Å². The fourth-order valence-corrected chi connectivity index (χ4v) is 2.74. The summed E-state index contributed by atoms with van der Waals surface area (Å²) in [5.41, 5.74) is 0. The first-order valence-electron chi connectivity index (χ1n) is 6.16. The summed E-state index contributed by atoms with van der Waals surface area (Å²) >= 11 is 0. The first-order chi connectivity index (χ1) is 8.39. The molecule has 1 aliphatic carbocycles. The summed E-state index contributed by atoms with van der Waals surface area (Å²) < 4.78 is 31.7.